The van der Waals surface area contributed by atoms with Gasteiger partial charge in [-0.05, 0) is 12.1 Å². The number of anilines is 1. The third-order valence-electron chi connectivity index (χ3n) is 1.18. The van der Waals surface area contributed by atoms with E-state index in [9.17, 15) is 0 Å². The average Bonchev–Trinajstić information content (AvgIpc) is 2.03. The molecule has 0 aliphatic rings. The lowest BCUT2D eigenvalue weighted by Crippen LogP contribution is -1.90. The minimum absolute atomic E-state index is 0.607. The first-order valence-corrected chi connectivity index (χ1v) is 3.27. The molecule has 0 bridgehead atoms. The lowest BCUT2D eigenvalue weighted by Gasteiger charge is -1.99. The number of hydrogen-bond donors (Lipinski definition) is 1. The highest BCUT2D eigenvalue weighted by molar-refractivity contribution is 5.52. The second-order valence-corrected chi connectivity index (χ2v) is 1.99. The van der Waals surface area contributed by atoms with Crippen molar-refractivity contribution in [2.45, 2.75) is 6.92 Å². The molecule has 1 aromatic rings. The number of hydrogen-bond acceptors (Lipinski definition) is 2. The van der Waals surface area contributed by atoms with Crippen LogP contribution in [-0.2, 0) is 0 Å². The number of rotatable bonds is 1. The molecule has 11 heavy (non-hydrogen) atoms. The maximum Gasteiger partial charge on any atom is 0.163 e. The predicted molar refractivity (Wildman–Crippen MR) is 44.9 cm³/mol. The molecule has 0 saturated carbocycles. The normalized spacial score (nSPS) is 8.09. The van der Waals surface area contributed by atoms with Crippen LogP contribution in [-0.4, -0.2) is 0 Å². The minimum atomic E-state index is 0.607. The Kier molecular flexibility index (Phi) is 2.40. The van der Waals surface area contributed by atoms with Crippen molar-refractivity contribution in [3.05, 3.63) is 24.3 Å². The third-order valence-corrected chi connectivity index (χ3v) is 1.18. The topological polar surface area (TPSA) is 35.2 Å². The molecule has 0 heterocycles. The van der Waals surface area contributed by atoms with Crippen molar-refractivity contribution in [2.75, 3.05) is 5.73 Å². The Morgan fingerprint density at radius 3 is 2.73 bits per heavy atom. The average molecular weight is 147 g/mol. The lowest BCUT2D eigenvalue weighted by molar-refractivity contribution is 0.522. The fourth-order valence-electron chi connectivity index (χ4n) is 0.679. The Bertz CT molecular complexity index is 296. The van der Waals surface area contributed by atoms with E-state index in [-0.39, 0.29) is 0 Å². The first kappa shape index (κ1) is 7.49. The van der Waals surface area contributed by atoms with E-state index in [0.717, 1.165) is 0 Å². The van der Waals surface area contributed by atoms with Crippen LogP contribution in [0.15, 0.2) is 24.3 Å². The van der Waals surface area contributed by atoms with Gasteiger partial charge in [0, 0.05) is 6.92 Å². The fourth-order valence-corrected chi connectivity index (χ4v) is 0.679. The van der Waals surface area contributed by atoms with Gasteiger partial charge in [-0.3, -0.25) is 0 Å². The van der Waals surface area contributed by atoms with Gasteiger partial charge in [0.15, 0.2) is 5.75 Å². The van der Waals surface area contributed by atoms with E-state index in [0.29, 0.717) is 11.4 Å². The van der Waals surface area contributed by atoms with Crippen molar-refractivity contribution in [1.29, 1.82) is 0 Å². The van der Waals surface area contributed by atoms with Gasteiger partial charge in [-0.1, -0.05) is 18.1 Å². The zero-order valence-electron chi connectivity index (χ0n) is 6.29. The highest BCUT2D eigenvalue weighted by atomic mass is 16.5. The zero-order chi connectivity index (χ0) is 8.10. The molecule has 0 fully saturated rings. The van der Waals surface area contributed by atoms with Gasteiger partial charge >= 0.3 is 0 Å². The molecule has 1 rings (SSSR count). The molecule has 2 heteroatoms. The summed E-state index contributed by atoms with van der Waals surface area (Å²) in [4.78, 5) is 0. The first-order chi connectivity index (χ1) is 5.34. The molecular weight excluding hydrogens is 138 g/mol. The lowest BCUT2D eigenvalue weighted by atomic mass is 10.3. The summed E-state index contributed by atoms with van der Waals surface area (Å²) in [5.74, 6) is 3.23. The summed E-state index contributed by atoms with van der Waals surface area (Å²) in [5, 5.41) is 0. The largest absolute Gasteiger partial charge is 0.405 e. The first-order valence-electron chi connectivity index (χ1n) is 3.27. The van der Waals surface area contributed by atoms with Crippen molar-refractivity contribution in [3.8, 4) is 17.8 Å². The molecule has 0 spiro atoms. The Morgan fingerprint density at radius 2 is 2.09 bits per heavy atom. The maximum absolute atomic E-state index is 5.57. The van der Waals surface area contributed by atoms with Gasteiger partial charge in [0.25, 0.3) is 0 Å². The van der Waals surface area contributed by atoms with E-state index in [1.54, 1.807) is 19.1 Å². The highest BCUT2D eigenvalue weighted by Gasteiger charge is 1.94. The molecule has 56 valence electrons. The van der Waals surface area contributed by atoms with Crippen LogP contribution in [0, 0.1) is 12.0 Å². The second-order valence-electron chi connectivity index (χ2n) is 1.99. The van der Waals surface area contributed by atoms with Crippen LogP contribution in [0.2, 0.25) is 0 Å². The van der Waals surface area contributed by atoms with E-state index in [4.69, 9.17) is 10.5 Å². The van der Waals surface area contributed by atoms with Gasteiger partial charge in [0.05, 0.1) is 5.69 Å². The van der Waals surface area contributed by atoms with Crippen LogP contribution in [0.4, 0.5) is 5.69 Å². The van der Waals surface area contributed by atoms with Crippen molar-refractivity contribution in [2.24, 2.45) is 0 Å². The van der Waals surface area contributed by atoms with Gasteiger partial charge in [-0.25, -0.2) is 0 Å². The van der Waals surface area contributed by atoms with E-state index < -0.39 is 0 Å². The summed E-state index contributed by atoms with van der Waals surface area (Å²) in [6.45, 7) is 1.71. The third kappa shape index (κ3) is 1.91. The Morgan fingerprint density at radius 1 is 1.36 bits per heavy atom. The summed E-state index contributed by atoms with van der Waals surface area (Å²) < 4.78 is 5.00. The van der Waals surface area contributed by atoms with E-state index >= 15 is 0 Å². The van der Waals surface area contributed by atoms with Crippen molar-refractivity contribution in [1.82, 2.24) is 0 Å². The van der Waals surface area contributed by atoms with Crippen LogP contribution in [0.1, 0.15) is 6.92 Å². The number of benzene rings is 1. The monoisotopic (exact) mass is 147 g/mol. The van der Waals surface area contributed by atoms with Gasteiger partial charge in [0.2, 0.25) is 0 Å². The number of para-hydroxylation sites is 2. The Balaban J connectivity index is 2.83. The molecule has 0 aromatic heterocycles. The fraction of sp³-hybridized carbons (Fsp3) is 0.111. The van der Waals surface area contributed by atoms with Crippen LogP contribution in [0.5, 0.6) is 5.75 Å². The van der Waals surface area contributed by atoms with Crippen molar-refractivity contribution in [3.63, 3.8) is 0 Å². The van der Waals surface area contributed by atoms with Crippen LogP contribution >= 0.6 is 0 Å². The summed E-state index contributed by atoms with van der Waals surface area (Å²) in [7, 11) is 0. The van der Waals surface area contributed by atoms with Crippen LogP contribution in [0.3, 0.4) is 0 Å². The molecule has 0 amide bonds. The molecule has 0 aliphatic heterocycles. The summed E-state index contributed by atoms with van der Waals surface area (Å²) >= 11 is 0. The quantitative estimate of drug-likeness (QED) is 0.484. The molecule has 0 saturated heterocycles. The maximum atomic E-state index is 5.57. The summed E-state index contributed by atoms with van der Waals surface area (Å²) in [6, 6.07) is 7.25. The second kappa shape index (κ2) is 3.52. The highest BCUT2D eigenvalue weighted by Crippen LogP contribution is 2.18. The van der Waals surface area contributed by atoms with Crippen LogP contribution < -0.4 is 10.5 Å². The van der Waals surface area contributed by atoms with Gasteiger partial charge in [0.1, 0.15) is 6.11 Å². The van der Waals surface area contributed by atoms with Crippen LogP contribution in [0.25, 0.3) is 0 Å². The van der Waals surface area contributed by atoms with Crippen molar-refractivity contribution >= 4 is 5.69 Å². The number of nitrogens with two attached hydrogens (primary N) is 1. The Labute approximate surface area is 66.0 Å². The molecule has 0 aliphatic carbocycles. The summed E-state index contributed by atoms with van der Waals surface area (Å²) in [5.41, 5.74) is 6.18. The minimum Gasteiger partial charge on any atom is -0.405 e. The van der Waals surface area contributed by atoms with Gasteiger partial charge in [-0.2, -0.15) is 0 Å². The smallest absolute Gasteiger partial charge is 0.163 e. The van der Waals surface area contributed by atoms with Crippen molar-refractivity contribution < 1.29 is 4.74 Å². The molecule has 2 nitrogen and oxygen atoms in total. The number of ether oxygens (including phenoxy) is 1. The standard InChI is InChI=1S/C9H9NO/c1-2-7-11-9-6-4-3-5-8(9)10/h3-6H,10H2,1H3. The molecule has 0 unspecified atom stereocenters. The van der Waals surface area contributed by atoms with Gasteiger partial charge in [-0.15, -0.1) is 0 Å². The molecular formula is C9H9NO. The van der Waals surface area contributed by atoms with E-state index in [2.05, 4.69) is 12.0 Å². The SMILES string of the molecule is CC#COc1ccccc1N. The molecule has 2 N–H and O–H groups in total. The summed E-state index contributed by atoms with van der Waals surface area (Å²) in [6.07, 6.45) is 2.48. The molecule has 0 radical (unpaired) electrons. The van der Waals surface area contributed by atoms with Gasteiger partial charge < -0.3 is 10.5 Å². The molecule has 0 atom stereocenters. The van der Waals surface area contributed by atoms with E-state index in [1.807, 2.05) is 12.1 Å². The number of nitrogen functional groups attached to an aromatic ring is 1. The zero-order valence-corrected chi connectivity index (χ0v) is 6.29. The van der Waals surface area contributed by atoms with E-state index in [1.165, 1.54) is 0 Å². The predicted octanol–water partition coefficient (Wildman–Crippen LogP) is 1.63. The molecule has 1 aromatic carbocycles. The Hall–Kier alpha value is -1.62.